The lowest BCUT2D eigenvalue weighted by molar-refractivity contribution is -0.398. The third-order valence-electron chi connectivity index (χ3n) is 2.98. The largest absolute Gasteiger partial charge is 0.868 e. The Morgan fingerprint density at radius 1 is 1.20 bits per heavy atom. The van der Waals surface area contributed by atoms with E-state index in [1.807, 2.05) is 0 Å². The highest BCUT2D eigenvalue weighted by atomic mass is 35.5. The van der Waals surface area contributed by atoms with E-state index in [-0.39, 0.29) is 16.8 Å². The van der Waals surface area contributed by atoms with Crippen molar-refractivity contribution in [2.75, 3.05) is 5.32 Å². The van der Waals surface area contributed by atoms with Crippen LogP contribution >= 0.6 is 23.2 Å². The van der Waals surface area contributed by atoms with Crippen molar-refractivity contribution in [2.45, 2.75) is 0 Å². The van der Waals surface area contributed by atoms with E-state index in [0.717, 1.165) is 18.2 Å². The first kappa shape index (κ1) is 18.3. The SMILES string of the molecule is N#C/C(=C\c1ccc([O-])c([N+](=O)[O-])c1)C(=O)Nc1cc(Cl)cc(Cl)c1. The molecule has 9 heteroatoms. The molecule has 0 aliphatic carbocycles. The predicted octanol–water partition coefficient (Wildman–Crippen LogP) is 3.52. The summed E-state index contributed by atoms with van der Waals surface area (Å²) in [7, 11) is 0. The molecule has 0 unspecified atom stereocenters. The smallest absolute Gasteiger partial charge is 0.266 e. The molecule has 2 rings (SSSR count). The van der Waals surface area contributed by atoms with Crippen LogP contribution in [0, 0.1) is 21.4 Å². The molecule has 1 N–H and O–H groups in total. The molecule has 0 radical (unpaired) electrons. The molecular formula is C16H8Cl2N3O4-. The molecule has 2 aromatic rings. The number of nitro groups is 1. The topological polar surface area (TPSA) is 119 Å². The monoisotopic (exact) mass is 376 g/mol. The zero-order valence-electron chi connectivity index (χ0n) is 12.3. The van der Waals surface area contributed by atoms with Gasteiger partial charge in [0.2, 0.25) is 0 Å². The molecule has 0 heterocycles. The van der Waals surface area contributed by atoms with E-state index < -0.39 is 22.3 Å². The van der Waals surface area contributed by atoms with Crippen molar-refractivity contribution in [2.24, 2.45) is 0 Å². The summed E-state index contributed by atoms with van der Waals surface area (Å²) < 4.78 is 0. The van der Waals surface area contributed by atoms with Gasteiger partial charge in [-0.15, -0.1) is 0 Å². The minimum atomic E-state index is -0.834. The number of nitrogens with one attached hydrogen (secondary N) is 1. The van der Waals surface area contributed by atoms with Gasteiger partial charge < -0.3 is 10.4 Å². The zero-order chi connectivity index (χ0) is 18.6. The molecule has 0 spiro atoms. The van der Waals surface area contributed by atoms with Crippen molar-refractivity contribution >= 4 is 46.6 Å². The summed E-state index contributed by atoms with van der Waals surface area (Å²) >= 11 is 11.7. The Balaban J connectivity index is 2.31. The van der Waals surface area contributed by atoms with Gasteiger partial charge in [0.05, 0.1) is 4.92 Å². The van der Waals surface area contributed by atoms with E-state index in [1.165, 1.54) is 24.3 Å². The fourth-order valence-corrected chi connectivity index (χ4v) is 2.43. The lowest BCUT2D eigenvalue weighted by atomic mass is 10.1. The highest BCUT2D eigenvalue weighted by Crippen LogP contribution is 2.26. The lowest BCUT2D eigenvalue weighted by Crippen LogP contribution is -2.13. The normalized spacial score (nSPS) is 10.8. The van der Waals surface area contributed by atoms with Crippen LogP contribution < -0.4 is 10.4 Å². The van der Waals surface area contributed by atoms with Gasteiger partial charge in [-0.1, -0.05) is 35.3 Å². The van der Waals surface area contributed by atoms with E-state index in [2.05, 4.69) is 5.32 Å². The van der Waals surface area contributed by atoms with Crippen molar-refractivity contribution in [1.82, 2.24) is 0 Å². The number of carbonyl (C=O) groups is 1. The number of benzene rings is 2. The van der Waals surface area contributed by atoms with E-state index in [9.17, 15) is 20.0 Å². The summed E-state index contributed by atoms with van der Waals surface area (Å²) in [5, 5.41) is 34.4. The summed E-state index contributed by atoms with van der Waals surface area (Å²) in [6.07, 6.45) is 1.13. The summed E-state index contributed by atoms with van der Waals surface area (Å²) in [6, 6.07) is 9.31. The quantitative estimate of drug-likeness (QED) is 0.378. The van der Waals surface area contributed by atoms with Crippen LogP contribution in [-0.2, 0) is 4.79 Å². The molecule has 0 fully saturated rings. The highest BCUT2D eigenvalue weighted by Gasteiger charge is 2.12. The van der Waals surface area contributed by atoms with Crippen LogP contribution in [-0.4, -0.2) is 10.8 Å². The van der Waals surface area contributed by atoms with Crippen molar-refractivity contribution in [1.29, 1.82) is 5.26 Å². The van der Waals surface area contributed by atoms with Crippen molar-refractivity contribution in [3.05, 3.63) is 67.7 Å². The number of nitriles is 1. The van der Waals surface area contributed by atoms with E-state index in [4.69, 9.17) is 28.5 Å². The van der Waals surface area contributed by atoms with Crippen LogP contribution in [0.4, 0.5) is 11.4 Å². The van der Waals surface area contributed by atoms with Gasteiger partial charge in [0, 0.05) is 21.8 Å². The van der Waals surface area contributed by atoms with Crippen molar-refractivity contribution in [3.63, 3.8) is 0 Å². The molecule has 2 aromatic carbocycles. The number of halogens is 2. The van der Waals surface area contributed by atoms with Gasteiger partial charge in [-0.25, -0.2) is 0 Å². The average molecular weight is 377 g/mol. The second kappa shape index (κ2) is 7.66. The maximum Gasteiger partial charge on any atom is 0.266 e. The standard InChI is InChI=1S/C16H9Cl2N3O4/c17-11-5-12(18)7-13(6-11)20-16(23)10(8-19)3-9-1-2-15(22)14(4-9)21(24)25/h1-7,22H,(H,20,23)/p-1/b10-3+. The predicted molar refractivity (Wildman–Crippen MR) is 91.2 cm³/mol. The molecule has 0 saturated heterocycles. The second-order valence-electron chi connectivity index (χ2n) is 4.77. The van der Waals surface area contributed by atoms with Crippen molar-refractivity contribution < 1.29 is 14.8 Å². The minimum Gasteiger partial charge on any atom is -0.868 e. The number of nitro benzene ring substituents is 1. The average Bonchev–Trinajstić information content (AvgIpc) is 2.52. The van der Waals surface area contributed by atoms with Crippen LogP contribution in [0.5, 0.6) is 5.75 Å². The first-order valence-electron chi connectivity index (χ1n) is 6.65. The Morgan fingerprint density at radius 3 is 2.40 bits per heavy atom. The molecule has 25 heavy (non-hydrogen) atoms. The number of carbonyl (C=O) groups excluding carboxylic acids is 1. The van der Waals surface area contributed by atoms with E-state index >= 15 is 0 Å². The lowest BCUT2D eigenvalue weighted by Gasteiger charge is -2.07. The van der Waals surface area contributed by atoms with Crippen LogP contribution in [0.1, 0.15) is 5.56 Å². The van der Waals surface area contributed by atoms with Crippen LogP contribution in [0.3, 0.4) is 0 Å². The number of hydrogen-bond acceptors (Lipinski definition) is 5. The summed E-state index contributed by atoms with van der Waals surface area (Å²) in [5.41, 5.74) is -0.510. The van der Waals surface area contributed by atoms with Crippen LogP contribution in [0.25, 0.3) is 6.08 Å². The fourth-order valence-electron chi connectivity index (χ4n) is 1.91. The number of anilines is 1. The molecule has 0 bridgehead atoms. The molecular weight excluding hydrogens is 369 g/mol. The molecule has 0 atom stereocenters. The van der Waals surface area contributed by atoms with Gasteiger partial charge in [0.1, 0.15) is 11.6 Å². The highest BCUT2D eigenvalue weighted by molar-refractivity contribution is 6.35. The maximum absolute atomic E-state index is 12.2. The molecule has 0 aliphatic rings. The third-order valence-corrected chi connectivity index (χ3v) is 3.41. The summed E-state index contributed by atoms with van der Waals surface area (Å²) in [6.45, 7) is 0. The van der Waals surface area contributed by atoms with Gasteiger partial charge in [0.25, 0.3) is 11.6 Å². The minimum absolute atomic E-state index is 0.169. The van der Waals surface area contributed by atoms with Crippen LogP contribution in [0.2, 0.25) is 10.0 Å². The van der Waals surface area contributed by atoms with E-state index in [1.54, 1.807) is 6.07 Å². The van der Waals surface area contributed by atoms with Gasteiger partial charge in [0.15, 0.2) is 0 Å². The molecule has 126 valence electrons. The Hall–Kier alpha value is -3.08. The Labute approximate surface area is 151 Å². The summed E-state index contributed by atoms with van der Waals surface area (Å²) in [4.78, 5) is 22.1. The Morgan fingerprint density at radius 2 is 1.84 bits per heavy atom. The summed E-state index contributed by atoms with van der Waals surface area (Å²) in [5.74, 6) is -1.52. The number of rotatable bonds is 4. The van der Waals surface area contributed by atoms with Gasteiger partial charge in [-0.05, 0) is 35.6 Å². The van der Waals surface area contributed by atoms with Gasteiger partial charge in [-0.3, -0.25) is 14.9 Å². The van der Waals surface area contributed by atoms with E-state index in [0.29, 0.717) is 10.0 Å². The first-order chi connectivity index (χ1) is 11.8. The van der Waals surface area contributed by atoms with Gasteiger partial charge >= 0.3 is 0 Å². The van der Waals surface area contributed by atoms with Crippen LogP contribution in [0.15, 0.2) is 42.0 Å². The number of amides is 1. The maximum atomic E-state index is 12.2. The second-order valence-corrected chi connectivity index (χ2v) is 5.64. The molecule has 7 nitrogen and oxygen atoms in total. The molecule has 0 aromatic heterocycles. The molecule has 0 saturated carbocycles. The number of hydrogen-bond donors (Lipinski definition) is 1. The van der Waals surface area contributed by atoms with Crippen molar-refractivity contribution in [3.8, 4) is 11.8 Å². The first-order valence-corrected chi connectivity index (χ1v) is 7.40. The Bertz CT molecular complexity index is 915. The Kier molecular flexibility index (Phi) is 5.60. The molecule has 0 aliphatic heterocycles. The number of nitrogens with zero attached hydrogens (tertiary/aromatic N) is 2. The van der Waals surface area contributed by atoms with Gasteiger partial charge in [-0.2, -0.15) is 5.26 Å². The third kappa shape index (κ3) is 4.70. The molecule has 1 amide bonds. The fraction of sp³-hybridized carbons (Fsp3) is 0. The zero-order valence-corrected chi connectivity index (χ0v) is 13.8.